The fraction of sp³-hybridized carbons (Fsp3) is 0.588. The van der Waals surface area contributed by atoms with Crippen molar-refractivity contribution in [2.45, 2.75) is 45.6 Å². The van der Waals surface area contributed by atoms with E-state index in [9.17, 15) is 4.79 Å². The van der Waals surface area contributed by atoms with Gasteiger partial charge >= 0.3 is 0 Å². The molecule has 0 aromatic heterocycles. The van der Waals surface area contributed by atoms with Crippen LogP contribution in [0.3, 0.4) is 0 Å². The zero-order valence-electron chi connectivity index (χ0n) is 13.4. The zero-order valence-corrected chi connectivity index (χ0v) is 13.4. The molecule has 2 atom stereocenters. The third kappa shape index (κ3) is 3.14. The van der Waals surface area contributed by atoms with Crippen LogP contribution in [0.2, 0.25) is 0 Å². The summed E-state index contributed by atoms with van der Waals surface area (Å²) in [5.41, 5.74) is 6.26. The van der Waals surface area contributed by atoms with E-state index in [1.165, 1.54) is 0 Å². The van der Waals surface area contributed by atoms with Crippen LogP contribution in [-0.2, 0) is 4.79 Å². The maximum Gasteiger partial charge on any atom is 0.243 e. The van der Waals surface area contributed by atoms with Crippen molar-refractivity contribution >= 4 is 11.6 Å². The lowest BCUT2D eigenvalue weighted by Crippen LogP contribution is -2.58. The van der Waals surface area contributed by atoms with E-state index >= 15 is 0 Å². The van der Waals surface area contributed by atoms with Crippen LogP contribution in [-0.4, -0.2) is 18.6 Å². The van der Waals surface area contributed by atoms with E-state index in [0.29, 0.717) is 0 Å². The van der Waals surface area contributed by atoms with Crippen LogP contribution < -0.4 is 15.8 Å². The first kappa shape index (κ1) is 15.7. The second-order valence-corrected chi connectivity index (χ2v) is 6.96. The summed E-state index contributed by atoms with van der Waals surface area (Å²) in [6.45, 7) is 6.62. The van der Waals surface area contributed by atoms with Gasteiger partial charge in [-0.25, -0.2) is 0 Å². The molecular weight excluding hydrogens is 264 g/mol. The van der Waals surface area contributed by atoms with Gasteiger partial charge in [0.05, 0.1) is 7.11 Å². The second kappa shape index (κ2) is 5.58. The molecule has 116 valence electrons. The minimum atomic E-state index is -0.663. The van der Waals surface area contributed by atoms with Crippen LogP contribution >= 0.6 is 0 Å². The molecule has 3 N–H and O–H groups in total. The Morgan fingerprint density at radius 1 is 1.29 bits per heavy atom. The van der Waals surface area contributed by atoms with Crippen molar-refractivity contribution in [1.29, 1.82) is 0 Å². The summed E-state index contributed by atoms with van der Waals surface area (Å²) in [6, 6.07) is 7.62. The van der Waals surface area contributed by atoms with Gasteiger partial charge in [0.25, 0.3) is 0 Å². The number of hydrogen-bond acceptors (Lipinski definition) is 3. The minimum Gasteiger partial charge on any atom is -0.497 e. The Labute approximate surface area is 127 Å². The highest BCUT2D eigenvalue weighted by molar-refractivity contribution is 5.88. The molecule has 2 unspecified atom stereocenters. The van der Waals surface area contributed by atoms with Gasteiger partial charge < -0.3 is 15.8 Å². The van der Waals surface area contributed by atoms with E-state index < -0.39 is 5.54 Å². The monoisotopic (exact) mass is 290 g/mol. The molecule has 1 aliphatic carbocycles. The molecule has 21 heavy (non-hydrogen) atoms. The van der Waals surface area contributed by atoms with E-state index in [1.807, 2.05) is 24.3 Å². The third-order valence-electron chi connectivity index (χ3n) is 4.79. The lowest BCUT2D eigenvalue weighted by Gasteiger charge is -2.47. The molecule has 1 aromatic carbocycles. The summed E-state index contributed by atoms with van der Waals surface area (Å²) >= 11 is 0. The van der Waals surface area contributed by atoms with Crippen molar-refractivity contribution in [3.05, 3.63) is 24.3 Å². The van der Waals surface area contributed by atoms with Crippen LogP contribution in [0, 0.1) is 11.3 Å². The van der Waals surface area contributed by atoms with E-state index in [-0.39, 0.29) is 17.2 Å². The highest BCUT2D eigenvalue weighted by Gasteiger charge is 2.48. The SMILES string of the molecule is COc1ccc(NC2(C(N)=O)CCC(C)(C)CC2C)cc1. The van der Waals surface area contributed by atoms with Gasteiger partial charge in [0, 0.05) is 5.69 Å². The molecule has 1 saturated carbocycles. The number of benzene rings is 1. The molecule has 4 heteroatoms. The number of rotatable bonds is 4. The summed E-state index contributed by atoms with van der Waals surface area (Å²) in [4.78, 5) is 12.2. The van der Waals surface area contributed by atoms with Crippen molar-refractivity contribution in [2.24, 2.45) is 17.1 Å². The maximum atomic E-state index is 12.2. The standard InChI is InChI=1S/C17H26N2O2/c1-12-11-16(2,3)9-10-17(12,15(18)20)19-13-5-7-14(21-4)8-6-13/h5-8,12,19H,9-11H2,1-4H3,(H2,18,20). The maximum absolute atomic E-state index is 12.2. The predicted molar refractivity (Wildman–Crippen MR) is 85.3 cm³/mol. The summed E-state index contributed by atoms with van der Waals surface area (Å²) < 4.78 is 5.16. The predicted octanol–water partition coefficient (Wildman–Crippen LogP) is 3.18. The second-order valence-electron chi connectivity index (χ2n) is 6.96. The van der Waals surface area contributed by atoms with Gasteiger partial charge in [0.1, 0.15) is 11.3 Å². The van der Waals surface area contributed by atoms with Crippen molar-refractivity contribution in [1.82, 2.24) is 0 Å². The first-order valence-corrected chi connectivity index (χ1v) is 7.51. The molecule has 0 bridgehead atoms. The number of carbonyl (C=O) groups excluding carboxylic acids is 1. The Morgan fingerprint density at radius 2 is 1.90 bits per heavy atom. The number of hydrogen-bond donors (Lipinski definition) is 2. The average molecular weight is 290 g/mol. The molecule has 0 heterocycles. The summed E-state index contributed by atoms with van der Waals surface area (Å²) in [7, 11) is 1.64. The van der Waals surface area contributed by atoms with Crippen molar-refractivity contribution in [3.63, 3.8) is 0 Å². The lowest BCUT2D eigenvalue weighted by molar-refractivity contribution is -0.126. The van der Waals surface area contributed by atoms with Gasteiger partial charge in [-0.2, -0.15) is 0 Å². The first-order chi connectivity index (χ1) is 9.79. The summed E-state index contributed by atoms with van der Waals surface area (Å²) in [6.07, 6.45) is 2.74. The molecule has 1 aliphatic rings. The highest BCUT2D eigenvalue weighted by atomic mass is 16.5. The molecule has 2 rings (SSSR count). The largest absolute Gasteiger partial charge is 0.497 e. The Hall–Kier alpha value is -1.71. The summed E-state index contributed by atoms with van der Waals surface area (Å²) in [5.74, 6) is 0.730. The Morgan fingerprint density at radius 3 is 2.38 bits per heavy atom. The van der Waals surface area contributed by atoms with E-state index in [2.05, 4.69) is 26.1 Å². The number of primary amides is 1. The molecule has 0 saturated heterocycles. The van der Waals surface area contributed by atoms with Crippen LogP contribution in [0.4, 0.5) is 5.69 Å². The number of carbonyl (C=O) groups is 1. The highest BCUT2D eigenvalue weighted by Crippen LogP contribution is 2.45. The lowest BCUT2D eigenvalue weighted by atomic mass is 9.63. The number of nitrogens with two attached hydrogens (primary N) is 1. The van der Waals surface area contributed by atoms with Gasteiger partial charge in [-0.05, 0) is 54.9 Å². The number of anilines is 1. The van der Waals surface area contributed by atoms with Gasteiger partial charge in [-0.3, -0.25) is 4.79 Å². The van der Waals surface area contributed by atoms with Crippen LogP contribution in [0.5, 0.6) is 5.75 Å². The zero-order chi connectivity index (χ0) is 15.7. The first-order valence-electron chi connectivity index (χ1n) is 7.51. The van der Waals surface area contributed by atoms with Crippen molar-refractivity contribution < 1.29 is 9.53 Å². The minimum absolute atomic E-state index is 0.195. The van der Waals surface area contributed by atoms with Gasteiger partial charge in [0.15, 0.2) is 0 Å². The molecule has 1 fully saturated rings. The smallest absolute Gasteiger partial charge is 0.243 e. The van der Waals surface area contributed by atoms with Gasteiger partial charge in [-0.15, -0.1) is 0 Å². The van der Waals surface area contributed by atoms with E-state index in [1.54, 1.807) is 7.11 Å². The molecule has 1 aromatic rings. The normalized spacial score (nSPS) is 27.9. The van der Waals surface area contributed by atoms with Gasteiger partial charge in [0.2, 0.25) is 5.91 Å². The van der Waals surface area contributed by atoms with E-state index in [0.717, 1.165) is 30.7 Å². The van der Waals surface area contributed by atoms with Gasteiger partial charge in [-0.1, -0.05) is 20.8 Å². The number of nitrogens with one attached hydrogen (secondary N) is 1. The summed E-state index contributed by atoms with van der Waals surface area (Å²) in [5, 5.41) is 3.40. The average Bonchev–Trinajstić information content (AvgIpc) is 2.42. The third-order valence-corrected chi connectivity index (χ3v) is 4.79. The number of amides is 1. The Kier molecular flexibility index (Phi) is 4.17. The fourth-order valence-corrected chi connectivity index (χ4v) is 3.43. The molecule has 1 amide bonds. The molecule has 0 aliphatic heterocycles. The molecule has 0 radical (unpaired) electrons. The molecule has 4 nitrogen and oxygen atoms in total. The number of methoxy groups -OCH3 is 1. The van der Waals surface area contributed by atoms with Crippen molar-refractivity contribution in [3.8, 4) is 5.75 Å². The van der Waals surface area contributed by atoms with Crippen LogP contribution in [0.25, 0.3) is 0 Å². The number of ether oxygens (including phenoxy) is 1. The van der Waals surface area contributed by atoms with Crippen LogP contribution in [0.15, 0.2) is 24.3 Å². The van der Waals surface area contributed by atoms with Crippen molar-refractivity contribution in [2.75, 3.05) is 12.4 Å². The topological polar surface area (TPSA) is 64.3 Å². The fourth-order valence-electron chi connectivity index (χ4n) is 3.43. The molecular formula is C17H26N2O2. The van der Waals surface area contributed by atoms with E-state index in [4.69, 9.17) is 10.5 Å². The van der Waals surface area contributed by atoms with Crippen LogP contribution in [0.1, 0.15) is 40.0 Å². The Balaban J connectivity index is 2.24. The molecule has 0 spiro atoms. The quantitative estimate of drug-likeness (QED) is 0.895. The Bertz CT molecular complexity index is 510.